The largest absolute Gasteiger partial charge is 0.387 e. The molecule has 2 aliphatic rings. The van der Waals surface area contributed by atoms with E-state index in [1.54, 1.807) is 0 Å². The summed E-state index contributed by atoms with van der Waals surface area (Å²) in [6, 6.07) is 0. The molecule has 2 fully saturated rings. The Bertz CT molecular complexity index is 141. The van der Waals surface area contributed by atoms with Gasteiger partial charge in [-0.05, 0) is 0 Å². The van der Waals surface area contributed by atoms with Crippen LogP contribution in [0.2, 0.25) is 0 Å². The van der Waals surface area contributed by atoms with E-state index in [0.29, 0.717) is 0 Å². The quantitative estimate of drug-likeness (QED) is 0.377. The first kappa shape index (κ1) is 7.45. The van der Waals surface area contributed by atoms with Crippen molar-refractivity contribution in [2.45, 2.75) is 30.7 Å². The minimum atomic E-state index is -1.15. The Hall–Kier alpha value is -0.200. The molecule has 2 saturated heterocycles. The molecule has 3 N–H and O–H groups in total. The highest BCUT2D eigenvalue weighted by molar-refractivity contribution is 4.92. The highest BCUT2D eigenvalue weighted by Gasteiger charge is 2.48. The van der Waals surface area contributed by atoms with Crippen molar-refractivity contribution in [3.05, 3.63) is 0 Å². The van der Waals surface area contributed by atoms with Gasteiger partial charge in [0.05, 0.1) is 6.61 Å². The fourth-order valence-electron chi connectivity index (χ4n) is 1.38. The van der Waals surface area contributed by atoms with Crippen LogP contribution in [0.25, 0.3) is 0 Å². The Morgan fingerprint density at radius 2 is 1.73 bits per heavy atom. The van der Waals surface area contributed by atoms with Gasteiger partial charge in [-0.3, -0.25) is 0 Å². The Morgan fingerprint density at radius 3 is 2.45 bits per heavy atom. The highest BCUT2D eigenvalue weighted by atomic mass is 16.7. The zero-order valence-electron chi connectivity index (χ0n) is 5.75. The zero-order chi connectivity index (χ0) is 8.01. The van der Waals surface area contributed by atoms with Crippen LogP contribution in [0.5, 0.6) is 0 Å². The fraction of sp³-hybridized carbons (Fsp3) is 1.00. The molecule has 0 aliphatic carbocycles. The van der Waals surface area contributed by atoms with Gasteiger partial charge in [0.25, 0.3) is 0 Å². The van der Waals surface area contributed by atoms with E-state index in [-0.39, 0.29) is 6.61 Å². The first-order chi connectivity index (χ1) is 5.20. The van der Waals surface area contributed by atoms with Gasteiger partial charge in [0, 0.05) is 0 Å². The molecule has 64 valence electrons. The number of fused-ring (bicyclic) bond motifs is 2. The van der Waals surface area contributed by atoms with Crippen molar-refractivity contribution in [3.8, 4) is 0 Å². The monoisotopic (exact) mass is 162 g/mol. The molecule has 2 aliphatic heterocycles. The minimum Gasteiger partial charge on any atom is -0.387 e. The lowest BCUT2D eigenvalue weighted by Crippen LogP contribution is -2.53. The zero-order valence-corrected chi connectivity index (χ0v) is 5.75. The number of ether oxygens (including phenoxy) is 2. The summed E-state index contributed by atoms with van der Waals surface area (Å²) in [6.07, 6.45) is -4.58. The average Bonchev–Trinajstić information content (AvgIpc) is 2.44. The molecular formula is C6H10O5. The van der Waals surface area contributed by atoms with E-state index < -0.39 is 30.7 Å². The molecule has 2 rings (SSSR count). The topological polar surface area (TPSA) is 79.2 Å². The maximum absolute atomic E-state index is 9.22. The van der Waals surface area contributed by atoms with Crippen LogP contribution in [0.4, 0.5) is 0 Å². The first-order valence-corrected chi connectivity index (χ1v) is 3.51. The molecule has 0 aromatic rings. The third-order valence-corrected chi connectivity index (χ3v) is 2.09. The molecule has 0 aromatic heterocycles. The van der Waals surface area contributed by atoms with Crippen molar-refractivity contribution in [3.63, 3.8) is 0 Å². The van der Waals surface area contributed by atoms with Gasteiger partial charge in [-0.2, -0.15) is 0 Å². The second kappa shape index (κ2) is 2.40. The van der Waals surface area contributed by atoms with Gasteiger partial charge in [0.1, 0.15) is 24.4 Å². The van der Waals surface area contributed by atoms with Crippen molar-refractivity contribution >= 4 is 0 Å². The van der Waals surface area contributed by atoms with E-state index in [0.717, 1.165) is 0 Å². The predicted octanol–water partition coefficient (Wildman–Crippen LogP) is -2.18. The summed E-state index contributed by atoms with van der Waals surface area (Å²) in [7, 11) is 0. The molecule has 0 amide bonds. The summed E-state index contributed by atoms with van der Waals surface area (Å²) in [5.74, 6) is 0. The Labute approximate surface area is 63.2 Å². The van der Waals surface area contributed by atoms with Gasteiger partial charge in [-0.15, -0.1) is 0 Å². The van der Waals surface area contributed by atoms with E-state index in [1.165, 1.54) is 0 Å². The lowest BCUT2D eigenvalue weighted by molar-refractivity contribution is -0.228. The molecule has 0 aromatic carbocycles. The van der Waals surface area contributed by atoms with Crippen LogP contribution in [0.3, 0.4) is 0 Å². The predicted molar refractivity (Wildman–Crippen MR) is 32.6 cm³/mol. The van der Waals surface area contributed by atoms with E-state index in [9.17, 15) is 10.2 Å². The minimum absolute atomic E-state index is 0.236. The van der Waals surface area contributed by atoms with Crippen LogP contribution in [0, 0.1) is 0 Å². The van der Waals surface area contributed by atoms with Gasteiger partial charge in [-0.25, -0.2) is 0 Å². The number of hydrogen-bond acceptors (Lipinski definition) is 5. The van der Waals surface area contributed by atoms with E-state index >= 15 is 0 Å². The Balaban J connectivity index is 2.16. The van der Waals surface area contributed by atoms with Gasteiger partial charge in [-0.1, -0.05) is 0 Å². The standard InChI is InChI=1S/C6H10O5/c7-3-2-1-10-6(11-2)5(9)4(3)8/h2-9H,1H2/t2?,3?,4?,5-,6?/m1/s1. The molecular weight excluding hydrogens is 152 g/mol. The van der Waals surface area contributed by atoms with Crippen molar-refractivity contribution in [1.82, 2.24) is 0 Å². The number of aliphatic hydroxyl groups is 3. The summed E-state index contributed by atoms with van der Waals surface area (Å²) in [6.45, 7) is 0.236. The van der Waals surface area contributed by atoms with Gasteiger partial charge in [0.2, 0.25) is 0 Å². The van der Waals surface area contributed by atoms with E-state index in [1.807, 2.05) is 0 Å². The van der Waals surface area contributed by atoms with Crippen LogP contribution in [0.15, 0.2) is 0 Å². The van der Waals surface area contributed by atoms with Crippen LogP contribution >= 0.6 is 0 Å². The number of hydrogen-bond donors (Lipinski definition) is 3. The van der Waals surface area contributed by atoms with Crippen molar-refractivity contribution < 1.29 is 24.8 Å². The summed E-state index contributed by atoms with van der Waals surface area (Å²) in [4.78, 5) is 0. The van der Waals surface area contributed by atoms with Crippen molar-refractivity contribution in [2.24, 2.45) is 0 Å². The lowest BCUT2D eigenvalue weighted by Gasteiger charge is -2.32. The maximum atomic E-state index is 9.22. The normalized spacial score (nSPS) is 56.5. The molecule has 5 heteroatoms. The second-order valence-electron chi connectivity index (χ2n) is 2.85. The van der Waals surface area contributed by atoms with Crippen molar-refractivity contribution in [1.29, 1.82) is 0 Å². The molecule has 0 spiro atoms. The molecule has 5 atom stereocenters. The summed E-state index contributed by atoms with van der Waals surface area (Å²) in [5, 5.41) is 27.6. The Kier molecular flexibility index (Phi) is 1.62. The molecule has 0 saturated carbocycles. The van der Waals surface area contributed by atoms with Crippen LogP contribution in [-0.2, 0) is 9.47 Å². The molecule has 0 radical (unpaired) electrons. The molecule has 4 unspecified atom stereocenters. The molecule has 11 heavy (non-hydrogen) atoms. The number of rotatable bonds is 0. The van der Waals surface area contributed by atoms with Gasteiger partial charge in [0.15, 0.2) is 6.29 Å². The lowest BCUT2D eigenvalue weighted by atomic mass is 10.0. The summed E-state index contributed by atoms with van der Waals surface area (Å²) >= 11 is 0. The fourth-order valence-corrected chi connectivity index (χ4v) is 1.38. The summed E-state index contributed by atoms with van der Waals surface area (Å²) in [5.41, 5.74) is 0. The smallest absolute Gasteiger partial charge is 0.186 e. The van der Waals surface area contributed by atoms with E-state index in [4.69, 9.17) is 14.6 Å². The SMILES string of the molecule is OC1C2COC(O2)[C@H](O)C1O. The molecule has 5 nitrogen and oxygen atoms in total. The third-order valence-electron chi connectivity index (χ3n) is 2.09. The van der Waals surface area contributed by atoms with E-state index in [2.05, 4.69) is 0 Å². The third kappa shape index (κ3) is 0.969. The first-order valence-electron chi connectivity index (χ1n) is 3.51. The van der Waals surface area contributed by atoms with Gasteiger partial charge >= 0.3 is 0 Å². The van der Waals surface area contributed by atoms with Gasteiger partial charge < -0.3 is 24.8 Å². The van der Waals surface area contributed by atoms with Crippen LogP contribution in [0.1, 0.15) is 0 Å². The number of aliphatic hydroxyl groups excluding tert-OH is 3. The molecule has 2 bridgehead atoms. The van der Waals surface area contributed by atoms with Crippen LogP contribution < -0.4 is 0 Å². The highest BCUT2D eigenvalue weighted by Crippen LogP contribution is 2.27. The van der Waals surface area contributed by atoms with Crippen LogP contribution in [-0.4, -0.2) is 52.6 Å². The average molecular weight is 162 g/mol. The second-order valence-corrected chi connectivity index (χ2v) is 2.85. The van der Waals surface area contributed by atoms with Crippen molar-refractivity contribution in [2.75, 3.05) is 6.61 Å². The Morgan fingerprint density at radius 1 is 1.00 bits per heavy atom. The summed E-state index contributed by atoms with van der Waals surface area (Å²) < 4.78 is 9.95. The molecule has 2 heterocycles. The maximum Gasteiger partial charge on any atom is 0.186 e.